The number of nitrogens with one attached hydrogen (secondary N) is 3. The minimum Gasteiger partial charge on any atom is -0.497 e. The molecule has 0 bridgehead atoms. The second-order valence-corrected chi connectivity index (χ2v) is 5.68. The number of rotatable bonds is 3. The zero-order valence-corrected chi connectivity index (χ0v) is 14.5. The lowest BCUT2D eigenvalue weighted by Crippen LogP contribution is -2.12. The molecular weight excluding hydrogens is 340 g/mol. The molecule has 7 heteroatoms. The van der Waals surface area contributed by atoms with Gasteiger partial charge in [0.05, 0.1) is 12.6 Å². The Hall–Kier alpha value is -2.99. The first-order chi connectivity index (χ1) is 11.6. The summed E-state index contributed by atoms with van der Waals surface area (Å²) in [6, 6.07) is 13.5. The van der Waals surface area contributed by atoms with E-state index in [4.69, 9.17) is 4.74 Å². The molecule has 0 amide bonds. The average molecular weight is 357 g/mol. The van der Waals surface area contributed by atoms with Gasteiger partial charge in [-0.25, -0.2) is 4.79 Å². The smallest absolute Gasteiger partial charge is 0.347 e. The Balaban J connectivity index is 0.00000182. The molecule has 0 aliphatic rings. The van der Waals surface area contributed by atoms with Crippen LogP contribution in [0.4, 0.5) is 11.5 Å². The zero-order valence-electron chi connectivity index (χ0n) is 13.7. The summed E-state index contributed by atoms with van der Waals surface area (Å²) in [6.45, 7) is 2.02. The maximum Gasteiger partial charge on any atom is 0.347 e. The van der Waals surface area contributed by atoms with Gasteiger partial charge in [0.1, 0.15) is 11.6 Å². The molecule has 0 saturated carbocycles. The number of fused-ring (bicyclic) bond motifs is 2. The number of H-pyrrole nitrogens is 2. The van der Waals surface area contributed by atoms with Gasteiger partial charge in [-0.15, -0.1) is 12.4 Å². The highest BCUT2D eigenvalue weighted by molar-refractivity contribution is 5.93. The molecule has 2 aromatic heterocycles. The summed E-state index contributed by atoms with van der Waals surface area (Å²) in [5.74, 6) is 1.20. The van der Waals surface area contributed by atoms with Crippen LogP contribution in [0.5, 0.6) is 5.75 Å². The van der Waals surface area contributed by atoms with E-state index in [1.807, 2.05) is 31.2 Å². The van der Waals surface area contributed by atoms with Crippen molar-refractivity contribution in [3.05, 3.63) is 58.6 Å². The first-order valence-electron chi connectivity index (χ1n) is 7.57. The highest BCUT2D eigenvalue weighted by atomic mass is 35.5. The summed E-state index contributed by atoms with van der Waals surface area (Å²) in [5, 5.41) is 5.13. The lowest BCUT2D eigenvalue weighted by molar-refractivity contribution is 0.415. The fraction of sp³-hybridized carbons (Fsp3) is 0.111. The molecule has 4 rings (SSSR count). The number of halogens is 1. The molecule has 0 spiro atoms. The van der Waals surface area contributed by atoms with Gasteiger partial charge in [-0.05, 0) is 49.4 Å². The van der Waals surface area contributed by atoms with E-state index in [-0.39, 0.29) is 12.4 Å². The number of hydrogen-bond acceptors (Lipinski definition) is 4. The van der Waals surface area contributed by atoms with Gasteiger partial charge in [-0.3, -0.25) is 0 Å². The maximum absolute atomic E-state index is 11.8. The SMILES string of the molecule is COc1ccc2[nH]c(=O)nc(Nc3ccc4[nH]c(C)cc4c3)c2c1.Cl. The van der Waals surface area contributed by atoms with E-state index in [0.29, 0.717) is 17.1 Å². The Kier molecular flexibility index (Phi) is 4.37. The normalized spacial score (nSPS) is 10.6. The Bertz CT molecular complexity index is 1120. The number of benzene rings is 2. The molecule has 2 heterocycles. The second kappa shape index (κ2) is 6.49. The van der Waals surface area contributed by atoms with Crippen LogP contribution in [0.3, 0.4) is 0 Å². The molecule has 0 aliphatic carbocycles. The van der Waals surface area contributed by atoms with E-state index in [1.54, 1.807) is 19.2 Å². The molecule has 0 unspecified atom stereocenters. The number of ether oxygens (including phenoxy) is 1. The van der Waals surface area contributed by atoms with Crippen LogP contribution in [0.1, 0.15) is 5.69 Å². The van der Waals surface area contributed by atoms with Crippen molar-refractivity contribution in [3.8, 4) is 5.75 Å². The summed E-state index contributed by atoms with van der Waals surface area (Å²) in [7, 11) is 1.61. The van der Waals surface area contributed by atoms with Gasteiger partial charge in [0.15, 0.2) is 0 Å². The molecule has 25 heavy (non-hydrogen) atoms. The van der Waals surface area contributed by atoms with Crippen molar-refractivity contribution in [3.63, 3.8) is 0 Å². The van der Waals surface area contributed by atoms with Crippen molar-refractivity contribution < 1.29 is 4.74 Å². The van der Waals surface area contributed by atoms with E-state index in [2.05, 4.69) is 26.3 Å². The standard InChI is InChI=1S/C18H16N4O2.ClH/c1-10-7-11-8-12(3-5-15(11)19-10)20-17-14-9-13(24-2)4-6-16(14)21-18(23)22-17;/h3-9,19H,1-2H3,(H2,20,21,22,23);1H. The average Bonchev–Trinajstić information content (AvgIpc) is 2.93. The zero-order chi connectivity index (χ0) is 16.7. The Morgan fingerprint density at radius 2 is 1.84 bits per heavy atom. The lowest BCUT2D eigenvalue weighted by Gasteiger charge is -2.09. The van der Waals surface area contributed by atoms with Gasteiger partial charge in [-0.1, -0.05) is 0 Å². The van der Waals surface area contributed by atoms with E-state index in [1.165, 1.54) is 0 Å². The molecule has 3 N–H and O–H groups in total. The summed E-state index contributed by atoms with van der Waals surface area (Å²) in [5.41, 5.74) is 3.35. The van der Waals surface area contributed by atoms with Gasteiger partial charge in [0.2, 0.25) is 0 Å². The number of nitrogens with zero attached hydrogens (tertiary/aromatic N) is 1. The molecule has 0 radical (unpaired) electrons. The molecule has 0 atom stereocenters. The molecule has 0 fully saturated rings. The van der Waals surface area contributed by atoms with Gasteiger partial charge in [0, 0.05) is 27.7 Å². The molecule has 128 valence electrons. The number of aromatic amines is 2. The summed E-state index contributed by atoms with van der Waals surface area (Å²) in [4.78, 5) is 21.9. The van der Waals surface area contributed by atoms with E-state index in [0.717, 1.165) is 27.7 Å². The van der Waals surface area contributed by atoms with Crippen molar-refractivity contribution >= 4 is 45.7 Å². The van der Waals surface area contributed by atoms with Crippen molar-refractivity contribution in [2.45, 2.75) is 6.92 Å². The predicted molar refractivity (Wildman–Crippen MR) is 102 cm³/mol. The number of hydrogen-bond donors (Lipinski definition) is 3. The Morgan fingerprint density at radius 3 is 2.64 bits per heavy atom. The number of aromatic nitrogens is 3. The third kappa shape index (κ3) is 3.16. The van der Waals surface area contributed by atoms with Crippen LogP contribution in [0.15, 0.2) is 47.3 Å². The maximum atomic E-state index is 11.8. The lowest BCUT2D eigenvalue weighted by atomic mass is 10.2. The second-order valence-electron chi connectivity index (χ2n) is 5.68. The first-order valence-corrected chi connectivity index (χ1v) is 7.57. The Morgan fingerprint density at radius 1 is 1.04 bits per heavy atom. The van der Waals surface area contributed by atoms with Crippen LogP contribution < -0.4 is 15.7 Å². The molecule has 2 aromatic carbocycles. The van der Waals surface area contributed by atoms with Crippen molar-refractivity contribution in [2.75, 3.05) is 12.4 Å². The monoisotopic (exact) mass is 356 g/mol. The van der Waals surface area contributed by atoms with Crippen LogP contribution >= 0.6 is 12.4 Å². The topological polar surface area (TPSA) is 82.8 Å². The first kappa shape index (κ1) is 16.9. The molecule has 0 aliphatic heterocycles. The Labute approximate surface area is 149 Å². The van der Waals surface area contributed by atoms with Crippen LogP contribution in [-0.2, 0) is 0 Å². The largest absolute Gasteiger partial charge is 0.497 e. The van der Waals surface area contributed by atoms with Crippen LogP contribution in [0, 0.1) is 6.92 Å². The minimum atomic E-state index is -0.395. The van der Waals surface area contributed by atoms with Gasteiger partial charge in [0.25, 0.3) is 0 Å². The third-order valence-corrected chi connectivity index (χ3v) is 3.95. The van der Waals surface area contributed by atoms with Crippen LogP contribution in [0.25, 0.3) is 21.8 Å². The fourth-order valence-electron chi connectivity index (χ4n) is 2.85. The number of methoxy groups -OCH3 is 1. The highest BCUT2D eigenvalue weighted by Gasteiger charge is 2.08. The fourth-order valence-corrected chi connectivity index (χ4v) is 2.85. The van der Waals surface area contributed by atoms with E-state index in [9.17, 15) is 4.79 Å². The predicted octanol–water partition coefficient (Wildman–Crippen LogP) is 3.89. The van der Waals surface area contributed by atoms with Crippen molar-refractivity contribution in [1.82, 2.24) is 15.0 Å². The highest BCUT2D eigenvalue weighted by Crippen LogP contribution is 2.27. The molecular formula is C18H17ClN4O2. The van der Waals surface area contributed by atoms with Gasteiger partial charge >= 0.3 is 5.69 Å². The number of anilines is 2. The van der Waals surface area contributed by atoms with E-state index >= 15 is 0 Å². The molecule has 6 nitrogen and oxygen atoms in total. The van der Waals surface area contributed by atoms with Crippen molar-refractivity contribution in [2.24, 2.45) is 0 Å². The molecule has 4 aromatic rings. The van der Waals surface area contributed by atoms with Crippen LogP contribution in [-0.4, -0.2) is 22.1 Å². The molecule has 0 saturated heterocycles. The summed E-state index contributed by atoms with van der Waals surface area (Å²) >= 11 is 0. The van der Waals surface area contributed by atoms with E-state index < -0.39 is 5.69 Å². The van der Waals surface area contributed by atoms with Gasteiger partial charge in [-0.2, -0.15) is 4.98 Å². The quantitative estimate of drug-likeness (QED) is 0.520. The third-order valence-electron chi connectivity index (χ3n) is 3.95. The van der Waals surface area contributed by atoms with Gasteiger partial charge < -0.3 is 20.0 Å². The number of aryl methyl sites for hydroxylation is 1. The summed E-state index contributed by atoms with van der Waals surface area (Å²) < 4.78 is 5.27. The summed E-state index contributed by atoms with van der Waals surface area (Å²) in [6.07, 6.45) is 0. The van der Waals surface area contributed by atoms with Crippen molar-refractivity contribution in [1.29, 1.82) is 0 Å². The minimum absolute atomic E-state index is 0. The van der Waals surface area contributed by atoms with Crippen LogP contribution in [0.2, 0.25) is 0 Å².